The normalized spacial score (nSPS) is 15.4. The second-order valence-electron chi connectivity index (χ2n) is 5.67. The molecule has 1 aliphatic rings. The van der Waals surface area contributed by atoms with Gasteiger partial charge in [-0.15, -0.1) is 11.3 Å². The van der Waals surface area contributed by atoms with E-state index in [2.05, 4.69) is 10.4 Å². The summed E-state index contributed by atoms with van der Waals surface area (Å²) in [5.74, 6) is 0.641. The maximum atomic E-state index is 12.6. The van der Waals surface area contributed by atoms with Crippen molar-refractivity contribution >= 4 is 22.2 Å². The van der Waals surface area contributed by atoms with E-state index in [-0.39, 0.29) is 5.91 Å². The topological polar surface area (TPSA) is 68.1 Å². The maximum Gasteiger partial charge on any atom is 0.283 e. The molecule has 1 saturated heterocycles. The molecule has 0 radical (unpaired) electrons. The minimum atomic E-state index is -0.136. The number of imidazole rings is 1. The van der Waals surface area contributed by atoms with E-state index in [0.717, 1.165) is 22.0 Å². The van der Waals surface area contributed by atoms with E-state index in [1.165, 1.54) is 11.3 Å². The van der Waals surface area contributed by atoms with Gasteiger partial charge in [-0.05, 0) is 12.1 Å². The van der Waals surface area contributed by atoms with Crippen LogP contribution in [-0.4, -0.2) is 53.7 Å². The molecule has 1 aromatic carbocycles. The monoisotopic (exact) mass is 358 g/mol. The number of benzene rings is 1. The SMILES string of the molecule is COc1cccc(-c2cn3c(C(=O)NN4CCOCC4)csc3n2)c1. The van der Waals surface area contributed by atoms with Crippen LogP contribution < -0.4 is 10.2 Å². The molecule has 8 heteroatoms. The van der Waals surface area contributed by atoms with E-state index < -0.39 is 0 Å². The zero-order valence-electron chi connectivity index (χ0n) is 13.8. The highest BCUT2D eigenvalue weighted by Crippen LogP contribution is 2.26. The van der Waals surface area contributed by atoms with Gasteiger partial charge in [0, 0.05) is 30.2 Å². The Bertz CT molecular complexity index is 898. The second kappa shape index (κ2) is 6.83. The van der Waals surface area contributed by atoms with E-state index >= 15 is 0 Å². The van der Waals surface area contributed by atoms with Crippen LogP contribution in [0.4, 0.5) is 0 Å². The van der Waals surface area contributed by atoms with Crippen molar-refractivity contribution < 1.29 is 14.3 Å². The summed E-state index contributed by atoms with van der Waals surface area (Å²) in [5.41, 5.74) is 5.27. The number of aromatic nitrogens is 2. The van der Waals surface area contributed by atoms with E-state index in [4.69, 9.17) is 9.47 Å². The van der Waals surface area contributed by atoms with Gasteiger partial charge in [-0.3, -0.25) is 14.6 Å². The molecule has 1 amide bonds. The van der Waals surface area contributed by atoms with E-state index in [1.807, 2.05) is 45.3 Å². The predicted molar refractivity (Wildman–Crippen MR) is 94.9 cm³/mol. The molecule has 1 aliphatic heterocycles. The highest BCUT2D eigenvalue weighted by atomic mass is 32.1. The molecule has 0 aliphatic carbocycles. The minimum absolute atomic E-state index is 0.136. The third-order valence-electron chi connectivity index (χ3n) is 4.08. The molecule has 7 nitrogen and oxygen atoms in total. The van der Waals surface area contributed by atoms with Gasteiger partial charge in [-0.1, -0.05) is 12.1 Å². The van der Waals surface area contributed by atoms with Crippen molar-refractivity contribution in [3.05, 3.63) is 41.5 Å². The molecule has 130 valence electrons. The molecular weight excluding hydrogens is 340 g/mol. The fraction of sp³-hybridized carbons (Fsp3) is 0.294. The number of carbonyl (C=O) groups is 1. The number of morpholine rings is 1. The van der Waals surface area contributed by atoms with Gasteiger partial charge in [0.2, 0.25) is 0 Å². The van der Waals surface area contributed by atoms with Gasteiger partial charge < -0.3 is 9.47 Å². The largest absolute Gasteiger partial charge is 0.497 e. The molecule has 25 heavy (non-hydrogen) atoms. The molecule has 0 bridgehead atoms. The Morgan fingerprint density at radius 2 is 2.20 bits per heavy atom. The van der Waals surface area contributed by atoms with Crippen molar-refractivity contribution in [3.63, 3.8) is 0 Å². The third-order valence-corrected chi connectivity index (χ3v) is 4.92. The third kappa shape index (κ3) is 3.23. The van der Waals surface area contributed by atoms with Gasteiger partial charge in [-0.25, -0.2) is 9.99 Å². The van der Waals surface area contributed by atoms with Crippen LogP contribution in [0.5, 0.6) is 5.75 Å². The van der Waals surface area contributed by atoms with Crippen molar-refractivity contribution in [2.24, 2.45) is 0 Å². The molecule has 2 aromatic heterocycles. The fourth-order valence-corrected chi connectivity index (χ4v) is 3.60. The molecule has 4 rings (SSSR count). The van der Waals surface area contributed by atoms with Gasteiger partial charge in [-0.2, -0.15) is 0 Å². The predicted octanol–water partition coefficient (Wildman–Crippen LogP) is 2.05. The first-order chi connectivity index (χ1) is 12.2. The van der Waals surface area contributed by atoms with Gasteiger partial charge in [0.25, 0.3) is 5.91 Å². The van der Waals surface area contributed by atoms with Crippen LogP contribution in [0.2, 0.25) is 0 Å². The molecule has 0 unspecified atom stereocenters. The van der Waals surface area contributed by atoms with E-state index in [0.29, 0.717) is 32.0 Å². The molecular formula is C17H18N4O3S. The fourth-order valence-electron chi connectivity index (χ4n) is 2.74. The quantitative estimate of drug-likeness (QED) is 0.773. The molecule has 1 fully saturated rings. The second-order valence-corrected chi connectivity index (χ2v) is 6.51. The van der Waals surface area contributed by atoms with Crippen molar-refractivity contribution in [2.45, 2.75) is 0 Å². The number of amides is 1. The first kappa shape index (κ1) is 16.1. The smallest absolute Gasteiger partial charge is 0.283 e. The number of methoxy groups -OCH3 is 1. The van der Waals surface area contributed by atoms with Crippen LogP contribution in [0.1, 0.15) is 10.5 Å². The number of fused-ring (bicyclic) bond motifs is 1. The Balaban J connectivity index is 1.60. The van der Waals surface area contributed by atoms with Crippen molar-refractivity contribution in [1.29, 1.82) is 0 Å². The Morgan fingerprint density at radius 3 is 3.00 bits per heavy atom. The first-order valence-electron chi connectivity index (χ1n) is 7.99. The zero-order chi connectivity index (χ0) is 17.2. The minimum Gasteiger partial charge on any atom is -0.497 e. The van der Waals surface area contributed by atoms with Crippen molar-refractivity contribution in [1.82, 2.24) is 19.8 Å². The highest BCUT2D eigenvalue weighted by Gasteiger charge is 2.19. The number of nitrogens with zero attached hydrogens (tertiary/aromatic N) is 3. The lowest BCUT2D eigenvalue weighted by atomic mass is 10.1. The van der Waals surface area contributed by atoms with E-state index in [9.17, 15) is 4.79 Å². The number of nitrogens with one attached hydrogen (secondary N) is 1. The molecule has 1 N–H and O–H groups in total. The van der Waals surface area contributed by atoms with Crippen molar-refractivity contribution in [3.8, 4) is 17.0 Å². The average Bonchev–Trinajstić information content (AvgIpc) is 3.23. The lowest BCUT2D eigenvalue weighted by molar-refractivity contribution is 0.0124. The number of hydrogen-bond donors (Lipinski definition) is 1. The van der Waals surface area contributed by atoms with Gasteiger partial charge in [0.15, 0.2) is 4.96 Å². The molecule has 3 heterocycles. The summed E-state index contributed by atoms with van der Waals surface area (Å²) in [6, 6.07) is 7.72. The summed E-state index contributed by atoms with van der Waals surface area (Å²) in [6.07, 6.45) is 1.88. The summed E-state index contributed by atoms with van der Waals surface area (Å²) in [6.45, 7) is 2.64. The molecule has 3 aromatic rings. The van der Waals surface area contributed by atoms with Crippen LogP contribution in [0.25, 0.3) is 16.2 Å². The Kier molecular flexibility index (Phi) is 4.39. The lowest BCUT2D eigenvalue weighted by Crippen LogP contribution is -2.48. The number of carbonyl (C=O) groups excluding carboxylic acids is 1. The number of rotatable bonds is 4. The number of ether oxygens (including phenoxy) is 2. The molecule has 0 spiro atoms. The zero-order valence-corrected chi connectivity index (χ0v) is 14.6. The number of hydrazine groups is 1. The Morgan fingerprint density at radius 1 is 1.36 bits per heavy atom. The first-order valence-corrected chi connectivity index (χ1v) is 8.87. The average molecular weight is 358 g/mol. The Hall–Kier alpha value is -2.42. The standard InChI is InChI=1S/C17H18N4O3S/c1-23-13-4-2-3-12(9-13)14-10-21-15(11-25-17(21)18-14)16(22)19-20-5-7-24-8-6-20/h2-4,9-11H,5-8H2,1H3,(H,19,22). The maximum absolute atomic E-state index is 12.6. The van der Waals surface area contributed by atoms with Crippen LogP contribution in [0.3, 0.4) is 0 Å². The summed E-state index contributed by atoms with van der Waals surface area (Å²) in [5, 5.41) is 3.71. The summed E-state index contributed by atoms with van der Waals surface area (Å²) >= 11 is 1.45. The highest BCUT2D eigenvalue weighted by molar-refractivity contribution is 7.15. The Labute approximate surface area is 148 Å². The van der Waals surface area contributed by atoms with Crippen molar-refractivity contribution in [2.75, 3.05) is 33.4 Å². The molecule has 0 saturated carbocycles. The van der Waals surface area contributed by atoms with Gasteiger partial charge >= 0.3 is 0 Å². The number of hydrogen-bond acceptors (Lipinski definition) is 6. The summed E-state index contributed by atoms with van der Waals surface area (Å²) in [7, 11) is 1.64. The lowest BCUT2D eigenvalue weighted by Gasteiger charge is -2.26. The van der Waals surface area contributed by atoms with Crippen LogP contribution >= 0.6 is 11.3 Å². The summed E-state index contributed by atoms with van der Waals surface area (Å²) < 4.78 is 12.4. The molecule has 0 atom stereocenters. The van der Waals surface area contributed by atoms with Crippen LogP contribution in [0.15, 0.2) is 35.8 Å². The number of thiazole rings is 1. The summed E-state index contributed by atoms with van der Waals surface area (Å²) in [4.78, 5) is 18.0. The van der Waals surface area contributed by atoms with Gasteiger partial charge in [0.1, 0.15) is 11.4 Å². The van der Waals surface area contributed by atoms with Gasteiger partial charge in [0.05, 0.1) is 26.0 Å². The van der Waals surface area contributed by atoms with E-state index in [1.54, 1.807) is 7.11 Å². The van der Waals surface area contributed by atoms with Crippen LogP contribution in [0, 0.1) is 0 Å². The van der Waals surface area contributed by atoms with Crippen LogP contribution in [-0.2, 0) is 4.74 Å².